The number of hydrogen-bond acceptors (Lipinski definition) is 8. The van der Waals surface area contributed by atoms with Crippen LogP contribution >= 0.6 is 15.9 Å². The molecule has 3 heterocycles. The molecular formula is C23H22BrF2N5O7S. The number of rotatable bonds is 9. The molecule has 3 N–H and O–H groups in total. The standard InChI is InChI=1S/C23H22BrF2N5O7S/c24-14-1-3-17(4-2-14)39(35,36)31-15(7-13-9-28-6-5-18(13)31)10-29-21(33)19-8-16(38-22(25)26)11-30(19)20(32)12-37-23(27)34/h1-7,9,16,19,22H,8,10-12H2,(H2,27,34)(H,29,33)/t16-,19+/m1/s1. The lowest BCUT2D eigenvalue weighted by Gasteiger charge is -2.23. The van der Waals surface area contributed by atoms with Crippen molar-refractivity contribution >= 4 is 54.8 Å². The van der Waals surface area contributed by atoms with Crippen molar-refractivity contribution in [1.29, 1.82) is 0 Å². The fraction of sp³-hybridized carbons (Fsp3) is 0.304. The van der Waals surface area contributed by atoms with Gasteiger partial charge in [-0.1, -0.05) is 15.9 Å². The number of nitrogens with two attached hydrogens (primary N) is 1. The topological polar surface area (TPSA) is 163 Å². The number of aromatic nitrogens is 2. The first kappa shape index (κ1) is 28.4. The highest BCUT2D eigenvalue weighted by atomic mass is 79.9. The Morgan fingerprint density at radius 2 is 1.92 bits per heavy atom. The van der Waals surface area contributed by atoms with E-state index in [1.165, 1.54) is 30.6 Å². The Morgan fingerprint density at radius 3 is 2.59 bits per heavy atom. The monoisotopic (exact) mass is 629 g/mol. The van der Waals surface area contributed by atoms with E-state index in [1.54, 1.807) is 18.2 Å². The molecule has 16 heteroatoms. The third-order valence-corrected chi connectivity index (χ3v) is 8.25. The van der Waals surface area contributed by atoms with Gasteiger partial charge in [-0.15, -0.1) is 0 Å². The van der Waals surface area contributed by atoms with Crippen LogP contribution in [0.5, 0.6) is 0 Å². The van der Waals surface area contributed by atoms with E-state index in [0.29, 0.717) is 15.4 Å². The summed E-state index contributed by atoms with van der Waals surface area (Å²) >= 11 is 3.27. The maximum atomic E-state index is 13.6. The van der Waals surface area contributed by atoms with Gasteiger partial charge in [-0.25, -0.2) is 17.2 Å². The summed E-state index contributed by atoms with van der Waals surface area (Å²) in [5, 5.41) is 3.07. The molecule has 1 saturated heterocycles. The summed E-state index contributed by atoms with van der Waals surface area (Å²) in [6.45, 7) is -4.58. The normalized spacial score (nSPS) is 17.5. The zero-order valence-electron chi connectivity index (χ0n) is 20.0. The average molecular weight is 630 g/mol. The van der Waals surface area contributed by atoms with Crippen LogP contribution in [0.15, 0.2) is 58.2 Å². The number of carbonyl (C=O) groups excluding carboxylic acids is 3. The highest BCUT2D eigenvalue weighted by Gasteiger charge is 2.41. The highest BCUT2D eigenvalue weighted by molar-refractivity contribution is 9.10. The predicted octanol–water partition coefficient (Wildman–Crippen LogP) is 1.96. The van der Waals surface area contributed by atoms with Gasteiger partial charge in [0.1, 0.15) is 6.04 Å². The minimum atomic E-state index is -4.11. The first-order chi connectivity index (χ1) is 18.5. The number of carbonyl (C=O) groups is 3. The van der Waals surface area contributed by atoms with Crippen LogP contribution in [0.2, 0.25) is 0 Å². The number of fused-ring (bicyclic) bond motifs is 1. The summed E-state index contributed by atoms with van der Waals surface area (Å²) in [4.78, 5) is 41.5. The highest BCUT2D eigenvalue weighted by Crippen LogP contribution is 2.27. The van der Waals surface area contributed by atoms with Crippen molar-refractivity contribution in [2.45, 2.75) is 36.6 Å². The minimum absolute atomic E-state index is 0.00148. The molecule has 2 atom stereocenters. The molecule has 0 spiro atoms. The fourth-order valence-corrected chi connectivity index (χ4v) is 6.09. The molecule has 0 radical (unpaired) electrons. The second kappa shape index (κ2) is 11.6. The van der Waals surface area contributed by atoms with Crippen molar-refractivity contribution in [2.75, 3.05) is 13.2 Å². The molecule has 1 aromatic carbocycles. The Hall–Kier alpha value is -3.63. The van der Waals surface area contributed by atoms with Gasteiger partial charge in [0, 0.05) is 35.2 Å². The van der Waals surface area contributed by atoms with E-state index in [9.17, 15) is 31.6 Å². The molecule has 0 saturated carbocycles. The molecule has 39 heavy (non-hydrogen) atoms. The Kier molecular flexibility index (Phi) is 8.46. The Bertz CT molecular complexity index is 1500. The molecule has 4 rings (SSSR count). The van der Waals surface area contributed by atoms with Crippen molar-refractivity contribution in [1.82, 2.24) is 19.2 Å². The van der Waals surface area contributed by atoms with E-state index in [0.717, 1.165) is 8.87 Å². The number of alkyl halides is 2. The summed E-state index contributed by atoms with van der Waals surface area (Å²) in [5.74, 6) is -1.59. The summed E-state index contributed by atoms with van der Waals surface area (Å²) in [6.07, 6.45) is 0.253. The van der Waals surface area contributed by atoms with Crippen molar-refractivity contribution in [3.05, 3.63) is 59.0 Å². The summed E-state index contributed by atoms with van der Waals surface area (Å²) in [5.41, 5.74) is 5.38. The third-order valence-electron chi connectivity index (χ3n) is 5.94. The first-order valence-electron chi connectivity index (χ1n) is 11.4. The number of ether oxygens (including phenoxy) is 2. The smallest absolute Gasteiger partial charge is 0.405 e. The molecule has 0 unspecified atom stereocenters. The summed E-state index contributed by atoms with van der Waals surface area (Å²) in [6, 6.07) is 7.81. The number of halogens is 3. The van der Waals surface area contributed by atoms with Crippen molar-refractivity contribution < 1.29 is 41.1 Å². The molecule has 12 nitrogen and oxygen atoms in total. The Morgan fingerprint density at radius 1 is 1.21 bits per heavy atom. The number of hydrogen-bond donors (Lipinski definition) is 2. The largest absolute Gasteiger partial charge is 0.440 e. The van der Waals surface area contributed by atoms with E-state index in [1.807, 2.05) is 0 Å². The maximum Gasteiger partial charge on any atom is 0.405 e. The van der Waals surface area contributed by atoms with Gasteiger partial charge in [0.25, 0.3) is 15.9 Å². The zero-order valence-corrected chi connectivity index (χ0v) is 22.4. The third kappa shape index (κ3) is 6.34. The van der Waals surface area contributed by atoms with Crippen LogP contribution in [0, 0.1) is 0 Å². The summed E-state index contributed by atoms with van der Waals surface area (Å²) in [7, 11) is -4.11. The number of amides is 3. The lowest BCUT2D eigenvalue weighted by Crippen LogP contribution is -2.47. The molecule has 2 aromatic heterocycles. The van der Waals surface area contributed by atoms with Crippen molar-refractivity contribution in [2.24, 2.45) is 5.73 Å². The van der Waals surface area contributed by atoms with Crippen LogP contribution in [-0.4, -0.2) is 72.1 Å². The van der Waals surface area contributed by atoms with Gasteiger partial charge in [-0.3, -0.25) is 14.6 Å². The Labute approximate surface area is 229 Å². The fourth-order valence-electron chi connectivity index (χ4n) is 4.28. The van der Waals surface area contributed by atoms with Gasteiger partial charge in [0.15, 0.2) is 6.61 Å². The molecule has 3 amide bonds. The molecule has 0 aliphatic carbocycles. The summed E-state index contributed by atoms with van der Waals surface area (Å²) < 4.78 is 63.5. The second-order valence-corrected chi connectivity index (χ2v) is 11.1. The number of nitrogens with zero attached hydrogens (tertiary/aromatic N) is 3. The number of pyridine rings is 1. The van der Waals surface area contributed by atoms with Crippen LogP contribution < -0.4 is 11.1 Å². The van der Waals surface area contributed by atoms with E-state index in [2.05, 4.69) is 35.7 Å². The van der Waals surface area contributed by atoms with Crippen LogP contribution in [0.3, 0.4) is 0 Å². The van der Waals surface area contributed by atoms with E-state index in [-0.39, 0.29) is 30.1 Å². The molecule has 3 aromatic rings. The number of nitrogens with one attached hydrogen (secondary N) is 1. The van der Waals surface area contributed by atoms with Gasteiger partial charge in [-0.05, 0) is 36.4 Å². The van der Waals surface area contributed by atoms with Gasteiger partial charge >= 0.3 is 12.7 Å². The lowest BCUT2D eigenvalue weighted by molar-refractivity contribution is -0.160. The van der Waals surface area contributed by atoms with E-state index < -0.39 is 53.3 Å². The van der Waals surface area contributed by atoms with Crippen LogP contribution in [0.4, 0.5) is 13.6 Å². The van der Waals surface area contributed by atoms with Crippen LogP contribution in [0.1, 0.15) is 12.1 Å². The SMILES string of the molecule is NC(=O)OCC(=O)N1C[C@H](OC(F)F)C[C@H]1C(=O)NCc1cc2cnccc2n1S(=O)(=O)c1ccc(Br)cc1. The molecule has 1 aliphatic heterocycles. The van der Waals surface area contributed by atoms with Crippen LogP contribution in [0.25, 0.3) is 10.9 Å². The van der Waals surface area contributed by atoms with Crippen LogP contribution in [-0.2, 0) is 35.6 Å². The maximum absolute atomic E-state index is 13.6. The quantitative estimate of drug-likeness (QED) is 0.363. The van der Waals surface area contributed by atoms with Gasteiger partial charge in [0.2, 0.25) is 5.91 Å². The average Bonchev–Trinajstić information content (AvgIpc) is 3.47. The number of benzene rings is 1. The number of primary amides is 1. The molecule has 0 bridgehead atoms. The first-order valence-corrected chi connectivity index (χ1v) is 13.6. The Balaban J connectivity index is 1.60. The second-order valence-electron chi connectivity index (χ2n) is 8.44. The predicted molar refractivity (Wildman–Crippen MR) is 135 cm³/mol. The molecule has 1 aliphatic rings. The van der Waals surface area contributed by atoms with E-state index in [4.69, 9.17) is 5.73 Å². The van der Waals surface area contributed by atoms with Gasteiger partial charge < -0.3 is 25.4 Å². The molecule has 1 fully saturated rings. The van der Waals surface area contributed by atoms with Crippen molar-refractivity contribution in [3.8, 4) is 0 Å². The van der Waals surface area contributed by atoms with Gasteiger partial charge in [0.05, 0.1) is 28.8 Å². The molecular weight excluding hydrogens is 608 g/mol. The minimum Gasteiger partial charge on any atom is -0.440 e. The zero-order chi connectivity index (χ0) is 28.3. The number of likely N-dealkylation sites (tertiary alicyclic amines) is 1. The van der Waals surface area contributed by atoms with E-state index >= 15 is 0 Å². The van der Waals surface area contributed by atoms with Gasteiger partial charge in [-0.2, -0.15) is 8.78 Å². The van der Waals surface area contributed by atoms with Crippen molar-refractivity contribution in [3.63, 3.8) is 0 Å². The lowest BCUT2D eigenvalue weighted by atomic mass is 10.2. The molecule has 208 valence electrons.